The van der Waals surface area contributed by atoms with E-state index in [9.17, 15) is 9.59 Å². The summed E-state index contributed by atoms with van der Waals surface area (Å²) in [5, 5.41) is 2.88. The van der Waals surface area contributed by atoms with E-state index >= 15 is 0 Å². The van der Waals surface area contributed by atoms with Gasteiger partial charge < -0.3 is 10.2 Å². The van der Waals surface area contributed by atoms with Gasteiger partial charge in [-0.05, 0) is 30.4 Å². The second kappa shape index (κ2) is 9.23. The standard InChI is InChI=1S/C18H28N2O2/c1-5-11-20(12-6-2)18(22)13-17(21)19-16-10-8-7-9-15(16)14(3)4/h7-10,14H,5-6,11-13H2,1-4H3,(H,19,21). The average molecular weight is 304 g/mol. The zero-order valence-electron chi connectivity index (χ0n) is 14.2. The molecule has 0 radical (unpaired) electrons. The van der Waals surface area contributed by atoms with Crippen molar-refractivity contribution in [3.8, 4) is 0 Å². The minimum absolute atomic E-state index is 0.0908. The van der Waals surface area contributed by atoms with E-state index in [0.29, 0.717) is 19.0 Å². The number of para-hydroxylation sites is 1. The van der Waals surface area contributed by atoms with Crippen LogP contribution in [0.15, 0.2) is 24.3 Å². The second-order valence-corrected chi connectivity index (χ2v) is 5.85. The SMILES string of the molecule is CCCN(CCC)C(=O)CC(=O)Nc1ccccc1C(C)C. The number of carbonyl (C=O) groups excluding carboxylic acids is 2. The summed E-state index contributed by atoms with van der Waals surface area (Å²) < 4.78 is 0. The molecule has 0 aromatic heterocycles. The van der Waals surface area contributed by atoms with Crippen molar-refractivity contribution >= 4 is 17.5 Å². The molecule has 0 spiro atoms. The van der Waals surface area contributed by atoms with Gasteiger partial charge in [0, 0.05) is 18.8 Å². The average Bonchev–Trinajstić information content (AvgIpc) is 2.47. The summed E-state index contributed by atoms with van der Waals surface area (Å²) in [6, 6.07) is 7.74. The summed E-state index contributed by atoms with van der Waals surface area (Å²) >= 11 is 0. The lowest BCUT2D eigenvalue weighted by Gasteiger charge is -2.21. The van der Waals surface area contributed by atoms with Crippen molar-refractivity contribution in [1.29, 1.82) is 0 Å². The molecule has 2 amide bonds. The third-order valence-corrected chi connectivity index (χ3v) is 3.51. The van der Waals surface area contributed by atoms with E-state index in [4.69, 9.17) is 0 Å². The Balaban J connectivity index is 2.68. The van der Waals surface area contributed by atoms with Crippen molar-refractivity contribution in [2.45, 2.75) is 52.9 Å². The maximum Gasteiger partial charge on any atom is 0.233 e. The van der Waals surface area contributed by atoms with E-state index in [2.05, 4.69) is 19.2 Å². The van der Waals surface area contributed by atoms with E-state index in [0.717, 1.165) is 24.1 Å². The zero-order chi connectivity index (χ0) is 16.5. The molecular formula is C18H28N2O2. The molecule has 0 atom stereocenters. The lowest BCUT2D eigenvalue weighted by atomic mass is 10.0. The Hall–Kier alpha value is -1.84. The molecule has 0 bridgehead atoms. The predicted octanol–water partition coefficient (Wildman–Crippen LogP) is 3.79. The smallest absolute Gasteiger partial charge is 0.233 e. The van der Waals surface area contributed by atoms with Gasteiger partial charge in [-0.2, -0.15) is 0 Å². The molecule has 1 N–H and O–H groups in total. The third kappa shape index (κ3) is 5.51. The van der Waals surface area contributed by atoms with E-state index in [1.54, 1.807) is 4.90 Å². The van der Waals surface area contributed by atoms with Crippen LogP contribution in [-0.4, -0.2) is 29.8 Å². The molecule has 0 unspecified atom stereocenters. The van der Waals surface area contributed by atoms with Crippen LogP contribution >= 0.6 is 0 Å². The molecule has 0 aliphatic rings. The molecule has 1 aromatic rings. The molecule has 4 nitrogen and oxygen atoms in total. The summed E-state index contributed by atoms with van der Waals surface area (Å²) in [5.41, 5.74) is 1.88. The zero-order valence-corrected chi connectivity index (χ0v) is 14.2. The van der Waals surface area contributed by atoms with Crippen molar-refractivity contribution in [3.63, 3.8) is 0 Å². The molecule has 0 aliphatic carbocycles. The van der Waals surface area contributed by atoms with Gasteiger partial charge in [0.15, 0.2) is 0 Å². The molecule has 0 aliphatic heterocycles. The highest BCUT2D eigenvalue weighted by atomic mass is 16.2. The van der Waals surface area contributed by atoms with Gasteiger partial charge in [-0.25, -0.2) is 0 Å². The first-order chi connectivity index (χ1) is 10.5. The van der Waals surface area contributed by atoms with Crippen molar-refractivity contribution in [3.05, 3.63) is 29.8 Å². The van der Waals surface area contributed by atoms with Crippen LogP contribution in [0.25, 0.3) is 0 Å². The van der Waals surface area contributed by atoms with Gasteiger partial charge in [-0.3, -0.25) is 9.59 Å². The normalized spacial score (nSPS) is 10.6. The minimum atomic E-state index is -0.240. The molecule has 0 saturated carbocycles. The predicted molar refractivity (Wildman–Crippen MR) is 90.9 cm³/mol. The van der Waals surface area contributed by atoms with Crippen molar-refractivity contribution in [2.75, 3.05) is 18.4 Å². The number of hydrogen-bond acceptors (Lipinski definition) is 2. The van der Waals surface area contributed by atoms with E-state index in [-0.39, 0.29) is 18.2 Å². The van der Waals surface area contributed by atoms with Crippen molar-refractivity contribution in [2.24, 2.45) is 0 Å². The minimum Gasteiger partial charge on any atom is -0.342 e. The highest BCUT2D eigenvalue weighted by molar-refractivity contribution is 6.03. The quantitative estimate of drug-likeness (QED) is 0.743. The summed E-state index contributed by atoms with van der Waals surface area (Å²) in [6.07, 6.45) is 1.72. The molecule has 122 valence electrons. The van der Waals surface area contributed by atoms with Gasteiger partial charge in [0.25, 0.3) is 0 Å². The van der Waals surface area contributed by atoms with Crippen LogP contribution in [0.5, 0.6) is 0 Å². The summed E-state index contributed by atoms with van der Waals surface area (Å²) in [5.74, 6) is -0.0117. The number of nitrogens with one attached hydrogen (secondary N) is 1. The molecule has 0 fully saturated rings. The fourth-order valence-corrected chi connectivity index (χ4v) is 2.46. The molecular weight excluding hydrogens is 276 g/mol. The Labute approximate surface area is 133 Å². The van der Waals surface area contributed by atoms with E-state index < -0.39 is 0 Å². The fraction of sp³-hybridized carbons (Fsp3) is 0.556. The van der Waals surface area contributed by atoms with E-state index in [1.165, 1.54) is 0 Å². The van der Waals surface area contributed by atoms with Crippen LogP contribution in [0.4, 0.5) is 5.69 Å². The highest BCUT2D eigenvalue weighted by Gasteiger charge is 2.17. The lowest BCUT2D eigenvalue weighted by molar-refractivity contribution is -0.134. The van der Waals surface area contributed by atoms with Crippen molar-refractivity contribution in [1.82, 2.24) is 4.90 Å². The number of hydrogen-bond donors (Lipinski definition) is 1. The fourth-order valence-electron chi connectivity index (χ4n) is 2.46. The first-order valence-electron chi connectivity index (χ1n) is 8.16. The monoisotopic (exact) mass is 304 g/mol. The number of nitrogens with zero attached hydrogens (tertiary/aromatic N) is 1. The van der Waals surface area contributed by atoms with E-state index in [1.807, 2.05) is 38.1 Å². The maximum absolute atomic E-state index is 12.2. The first kappa shape index (κ1) is 18.2. The van der Waals surface area contributed by atoms with Crippen LogP contribution in [0.2, 0.25) is 0 Å². The molecule has 1 rings (SSSR count). The highest BCUT2D eigenvalue weighted by Crippen LogP contribution is 2.23. The number of anilines is 1. The van der Waals surface area contributed by atoms with Crippen LogP contribution in [0.1, 0.15) is 58.4 Å². The largest absolute Gasteiger partial charge is 0.342 e. The van der Waals surface area contributed by atoms with Gasteiger partial charge in [-0.15, -0.1) is 0 Å². The number of carbonyl (C=O) groups is 2. The maximum atomic E-state index is 12.2. The van der Waals surface area contributed by atoms with Gasteiger partial charge in [0.05, 0.1) is 0 Å². The van der Waals surface area contributed by atoms with Crippen LogP contribution in [0.3, 0.4) is 0 Å². The summed E-state index contributed by atoms with van der Waals surface area (Å²) in [7, 11) is 0. The van der Waals surface area contributed by atoms with Gasteiger partial charge >= 0.3 is 0 Å². The number of rotatable bonds is 8. The second-order valence-electron chi connectivity index (χ2n) is 5.85. The Kier molecular flexibility index (Phi) is 7.64. The van der Waals surface area contributed by atoms with Crippen LogP contribution in [-0.2, 0) is 9.59 Å². The Morgan fingerprint density at radius 1 is 1.09 bits per heavy atom. The summed E-state index contributed by atoms with van der Waals surface area (Å²) in [6.45, 7) is 9.66. The Bertz CT molecular complexity index is 492. The van der Waals surface area contributed by atoms with Crippen LogP contribution in [0, 0.1) is 0 Å². The van der Waals surface area contributed by atoms with Crippen molar-refractivity contribution < 1.29 is 9.59 Å². The number of amides is 2. The molecule has 22 heavy (non-hydrogen) atoms. The Morgan fingerprint density at radius 2 is 1.68 bits per heavy atom. The molecule has 0 saturated heterocycles. The third-order valence-electron chi connectivity index (χ3n) is 3.51. The summed E-state index contributed by atoms with van der Waals surface area (Å²) in [4.78, 5) is 26.1. The molecule has 4 heteroatoms. The van der Waals surface area contributed by atoms with Gasteiger partial charge in [0.2, 0.25) is 11.8 Å². The lowest BCUT2D eigenvalue weighted by Crippen LogP contribution is -2.35. The first-order valence-corrected chi connectivity index (χ1v) is 8.16. The topological polar surface area (TPSA) is 49.4 Å². The molecule has 0 heterocycles. The van der Waals surface area contributed by atoms with Gasteiger partial charge in [0.1, 0.15) is 6.42 Å². The number of benzene rings is 1. The van der Waals surface area contributed by atoms with Gasteiger partial charge in [-0.1, -0.05) is 45.9 Å². The van der Waals surface area contributed by atoms with Crippen LogP contribution < -0.4 is 5.32 Å². The molecule has 1 aromatic carbocycles. The Morgan fingerprint density at radius 3 is 2.23 bits per heavy atom.